The SMILES string of the molecule is C=CCSCCNCCc1cnn(C)c1. The van der Waals surface area contributed by atoms with Gasteiger partial charge in [-0.15, -0.1) is 6.58 Å². The van der Waals surface area contributed by atoms with Gasteiger partial charge in [-0.05, 0) is 18.5 Å². The smallest absolute Gasteiger partial charge is 0.0522 e. The fourth-order valence-corrected chi connectivity index (χ4v) is 1.89. The van der Waals surface area contributed by atoms with E-state index >= 15 is 0 Å². The average Bonchev–Trinajstić information content (AvgIpc) is 2.63. The maximum Gasteiger partial charge on any atom is 0.0522 e. The Balaban J connectivity index is 1.95. The molecule has 0 unspecified atom stereocenters. The highest BCUT2D eigenvalue weighted by Crippen LogP contribution is 1.98. The molecule has 3 nitrogen and oxygen atoms in total. The number of hydrogen-bond donors (Lipinski definition) is 1. The summed E-state index contributed by atoms with van der Waals surface area (Å²) in [4.78, 5) is 0. The molecule has 0 aliphatic heterocycles. The lowest BCUT2D eigenvalue weighted by Crippen LogP contribution is -2.20. The number of aromatic nitrogens is 2. The highest BCUT2D eigenvalue weighted by Gasteiger charge is 1.95. The Bertz CT molecular complexity index is 283. The zero-order chi connectivity index (χ0) is 10.9. The van der Waals surface area contributed by atoms with Crippen molar-refractivity contribution < 1.29 is 0 Å². The van der Waals surface area contributed by atoms with Crippen LogP contribution in [0, 0.1) is 0 Å². The maximum absolute atomic E-state index is 4.13. The largest absolute Gasteiger partial charge is 0.316 e. The van der Waals surface area contributed by atoms with Gasteiger partial charge in [0.25, 0.3) is 0 Å². The first-order valence-corrected chi connectivity index (χ1v) is 6.35. The molecular formula is C11H19N3S. The highest BCUT2D eigenvalue weighted by atomic mass is 32.2. The minimum absolute atomic E-state index is 1.03. The van der Waals surface area contributed by atoms with Crippen LogP contribution in [0.4, 0.5) is 0 Å². The van der Waals surface area contributed by atoms with Gasteiger partial charge in [-0.2, -0.15) is 16.9 Å². The fourth-order valence-electron chi connectivity index (χ4n) is 1.27. The Hall–Kier alpha value is -0.740. The van der Waals surface area contributed by atoms with Gasteiger partial charge in [-0.3, -0.25) is 4.68 Å². The summed E-state index contributed by atoms with van der Waals surface area (Å²) in [5.74, 6) is 2.20. The quantitative estimate of drug-likeness (QED) is 0.537. The molecule has 1 N–H and O–H groups in total. The molecule has 0 saturated carbocycles. The molecule has 0 atom stereocenters. The van der Waals surface area contributed by atoms with Crippen molar-refractivity contribution in [1.82, 2.24) is 15.1 Å². The first-order valence-electron chi connectivity index (χ1n) is 5.20. The summed E-state index contributed by atoms with van der Waals surface area (Å²) in [6.07, 6.45) is 6.99. The van der Waals surface area contributed by atoms with Crippen molar-refractivity contribution in [2.75, 3.05) is 24.6 Å². The third-order valence-electron chi connectivity index (χ3n) is 2.01. The maximum atomic E-state index is 4.13. The van der Waals surface area contributed by atoms with Gasteiger partial charge in [0.2, 0.25) is 0 Å². The lowest BCUT2D eigenvalue weighted by atomic mass is 10.2. The van der Waals surface area contributed by atoms with E-state index in [4.69, 9.17) is 0 Å². The topological polar surface area (TPSA) is 29.9 Å². The second-order valence-electron chi connectivity index (χ2n) is 3.39. The van der Waals surface area contributed by atoms with Gasteiger partial charge in [0.1, 0.15) is 0 Å². The van der Waals surface area contributed by atoms with Gasteiger partial charge in [-0.1, -0.05) is 6.08 Å². The number of hydrogen-bond acceptors (Lipinski definition) is 3. The summed E-state index contributed by atoms with van der Waals surface area (Å²) >= 11 is 1.91. The predicted octanol–water partition coefficient (Wildman–Crippen LogP) is 1.47. The first kappa shape index (κ1) is 12.3. The predicted molar refractivity (Wildman–Crippen MR) is 67.3 cm³/mol. The first-order chi connectivity index (χ1) is 7.33. The van der Waals surface area contributed by atoms with E-state index in [2.05, 4.69) is 23.2 Å². The summed E-state index contributed by atoms with van der Waals surface area (Å²) in [6.45, 7) is 5.78. The van der Waals surface area contributed by atoms with Gasteiger partial charge in [0.05, 0.1) is 6.20 Å². The number of rotatable bonds is 8. The Labute approximate surface area is 95.9 Å². The highest BCUT2D eigenvalue weighted by molar-refractivity contribution is 7.99. The fraction of sp³-hybridized carbons (Fsp3) is 0.545. The van der Waals surface area contributed by atoms with E-state index in [9.17, 15) is 0 Å². The number of nitrogens with one attached hydrogen (secondary N) is 1. The molecule has 0 spiro atoms. The van der Waals surface area contributed by atoms with Crippen molar-refractivity contribution in [1.29, 1.82) is 0 Å². The molecule has 0 radical (unpaired) electrons. The second-order valence-corrected chi connectivity index (χ2v) is 4.54. The molecule has 15 heavy (non-hydrogen) atoms. The van der Waals surface area contributed by atoms with Crippen LogP contribution >= 0.6 is 11.8 Å². The molecule has 0 fully saturated rings. The number of nitrogens with zero attached hydrogens (tertiary/aromatic N) is 2. The molecule has 1 rings (SSSR count). The average molecular weight is 225 g/mol. The van der Waals surface area contributed by atoms with Crippen LogP contribution in [0.1, 0.15) is 5.56 Å². The second kappa shape index (κ2) is 7.54. The van der Waals surface area contributed by atoms with Gasteiger partial charge in [-0.25, -0.2) is 0 Å². The zero-order valence-electron chi connectivity index (χ0n) is 9.28. The van der Waals surface area contributed by atoms with Crippen molar-refractivity contribution in [2.24, 2.45) is 7.05 Å². The van der Waals surface area contributed by atoms with Crippen LogP contribution in [-0.4, -0.2) is 34.4 Å². The van der Waals surface area contributed by atoms with Crippen molar-refractivity contribution in [3.63, 3.8) is 0 Å². The van der Waals surface area contributed by atoms with Crippen LogP contribution in [0.2, 0.25) is 0 Å². The Morgan fingerprint density at radius 1 is 1.60 bits per heavy atom. The summed E-state index contributed by atoms with van der Waals surface area (Å²) in [7, 11) is 1.95. The molecule has 1 heterocycles. The molecular weight excluding hydrogens is 206 g/mol. The van der Waals surface area contributed by atoms with Crippen molar-refractivity contribution >= 4 is 11.8 Å². The Morgan fingerprint density at radius 3 is 3.13 bits per heavy atom. The van der Waals surface area contributed by atoms with E-state index in [0.29, 0.717) is 0 Å². The van der Waals surface area contributed by atoms with E-state index in [1.54, 1.807) is 0 Å². The third-order valence-corrected chi connectivity index (χ3v) is 2.97. The van der Waals surface area contributed by atoms with E-state index in [0.717, 1.165) is 31.0 Å². The molecule has 0 aliphatic rings. The molecule has 0 amide bonds. The van der Waals surface area contributed by atoms with Crippen molar-refractivity contribution in [3.05, 3.63) is 30.6 Å². The molecule has 1 aromatic heterocycles. The van der Waals surface area contributed by atoms with Crippen LogP contribution in [0.15, 0.2) is 25.0 Å². The van der Waals surface area contributed by atoms with Crippen molar-refractivity contribution in [2.45, 2.75) is 6.42 Å². The lowest BCUT2D eigenvalue weighted by molar-refractivity contribution is 0.719. The Kier molecular flexibility index (Phi) is 6.20. The van der Waals surface area contributed by atoms with Gasteiger partial charge < -0.3 is 5.32 Å². The minimum Gasteiger partial charge on any atom is -0.316 e. The van der Waals surface area contributed by atoms with Crippen LogP contribution in [-0.2, 0) is 13.5 Å². The summed E-state index contributed by atoms with van der Waals surface area (Å²) < 4.78 is 1.84. The molecule has 4 heteroatoms. The van der Waals surface area contributed by atoms with E-state index < -0.39 is 0 Å². The normalized spacial score (nSPS) is 10.5. The molecule has 84 valence electrons. The molecule has 0 aliphatic carbocycles. The number of aryl methyl sites for hydroxylation is 1. The summed E-state index contributed by atoms with van der Waals surface area (Å²) in [5.41, 5.74) is 1.30. The summed E-state index contributed by atoms with van der Waals surface area (Å²) in [6, 6.07) is 0. The van der Waals surface area contributed by atoms with Gasteiger partial charge >= 0.3 is 0 Å². The zero-order valence-corrected chi connectivity index (χ0v) is 10.1. The van der Waals surface area contributed by atoms with Gasteiger partial charge in [0, 0.05) is 31.3 Å². The van der Waals surface area contributed by atoms with E-state index in [-0.39, 0.29) is 0 Å². The lowest BCUT2D eigenvalue weighted by Gasteiger charge is -2.02. The monoisotopic (exact) mass is 225 g/mol. The standard InChI is InChI=1S/C11H19N3S/c1-3-7-15-8-6-12-5-4-11-9-13-14(2)10-11/h3,9-10,12H,1,4-8H2,2H3. The van der Waals surface area contributed by atoms with E-state index in [1.807, 2.05) is 35.8 Å². The minimum atomic E-state index is 1.03. The van der Waals surface area contributed by atoms with Crippen molar-refractivity contribution in [3.8, 4) is 0 Å². The van der Waals surface area contributed by atoms with Crippen LogP contribution in [0.25, 0.3) is 0 Å². The Morgan fingerprint density at radius 2 is 2.47 bits per heavy atom. The van der Waals surface area contributed by atoms with Gasteiger partial charge in [0.15, 0.2) is 0 Å². The van der Waals surface area contributed by atoms with E-state index in [1.165, 1.54) is 5.56 Å². The molecule has 0 bridgehead atoms. The number of thioether (sulfide) groups is 1. The van der Waals surface area contributed by atoms with Crippen LogP contribution < -0.4 is 5.32 Å². The van der Waals surface area contributed by atoms with Crippen LogP contribution in [0.3, 0.4) is 0 Å². The molecule has 0 saturated heterocycles. The summed E-state index contributed by atoms with van der Waals surface area (Å²) in [5, 5.41) is 7.54. The molecule has 0 aromatic carbocycles. The third kappa shape index (κ3) is 5.64. The molecule has 1 aromatic rings. The van der Waals surface area contributed by atoms with Crippen LogP contribution in [0.5, 0.6) is 0 Å².